The second-order valence-corrected chi connectivity index (χ2v) is 6.36. The molecule has 118 valence electrons. The van der Waals surface area contributed by atoms with Crippen molar-refractivity contribution in [2.24, 2.45) is 0 Å². The van der Waals surface area contributed by atoms with Crippen molar-refractivity contribution in [3.8, 4) is 0 Å². The first kappa shape index (κ1) is 14.1. The molecular weight excluding hydrogens is 288 g/mol. The van der Waals surface area contributed by atoms with Crippen LogP contribution in [0.4, 0.5) is 5.82 Å². The molecule has 4 rings (SSSR count). The minimum Gasteiger partial charge on any atom is -0.351 e. The fourth-order valence-corrected chi connectivity index (χ4v) is 3.27. The standard InChI is InChI=1S/C17H20N6/c1-10(2)15-13-9-23(8-6-14(13)21-22-15)17-12-5-4-7-18-16(12)19-11(3)20-17/h4-5,7,10H,6,8-9H2,1-3H3,(H,21,22). The van der Waals surface area contributed by atoms with Gasteiger partial charge in [-0.25, -0.2) is 15.0 Å². The van der Waals surface area contributed by atoms with Crippen molar-refractivity contribution in [1.29, 1.82) is 0 Å². The first-order valence-electron chi connectivity index (χ1n) is 8.04. The summed E-state index contributed by atoms with van der Waals surface area (Å²) in [5, 5.41) is 8.73. The minimum absolute atomic E-state index is 0.417. The number of hydrogen-bond donors (Lipinski definition) is 1. The van der Waals surface area contributed by atoms with E-state index >= 15 is 0 Å². The van der Waals surface area contributed by atoms with Crippen LogP contribution < -0.4 is 4.90 Å². The fraction of sp³-hybridized carbons (Fsp3) is 0.412. The smallest absolute Gasteiger partial charge is 0.164 e. The highest BCUT2D eigenvalue weighted by atomic mass is 15.2. The number of H-pyrrole nitrogens is 1. The van der Waals surface area contributed by atoms with Gasteiger partial charge in [0.25, 0.3) is 0 Å². The van der Waals surface area contributed by atoms with Crippen LogP contribution in [0, 0.1) is 6.92 Å². The molecule has 0 unspecified atom stereocenters. The van der Waals surface area contributed by atoms with E-state index in [4.69, 9.17) is 4.98 Å². The number of nitrogens with one attached hydrogen (secondary N) is 1. The van der Waals surface area contributed by atoms with Crippen molar-refractivity contribution in [1.82, 2.24) is 25.1 Å². The molecule has 4 heterocycles. The van der Waals surface area contributed by atoms with Crippen molar-refractivity contribution < 1.29 is 0 Å². The molecule has 0 atom stereocenters. The van der Waals surface area contributed by atoms with Crippen LogP contribution in [0.3, 0.4) is 0 Å². The second-order valence-electron chi connectivity index (χ2n) is 6.36. The Kier molecular flexibility index (Phi) is 3.25. The van der Waals surface area contributed by atoms with E-state index in [2.05, 4.69) is 38.9 Å². The number of rotatable bonds is 2. The first-order valence-corrected chi connectivity index (χ1v) is 8.04. The monoisotopic (exact) mass is 308 g/mol. The Morgan fingerprint density at radius 3 is 2.96 bits per heavy atom. The number of aryl methyl sites for hydroxylation is 1. The summed E-state index contributed by atoms with van der Waals surface area (Å²) in [6.45, 7) is 8.05. The molecule has 0 saturated heterocycles. The van der Waals surface area contributed by atoms with E-state index in [0.717, 1.165) is 47.9 Å². The summed E-state index contributed by atoms with van der Waals surface area (Å²) >= 11 is 0. The van der Waals surface area contributed by atoms with Crippen LogP contribution in [0.15, 0.2) is 18.3 Å². The van der Waals surface area contributed by atoms with Crippen molar-refractivity contribution in [2.75, 3.05) is 11.4 Å². The fourth-order valence-electron chi connectivity index (χ4n) is 3.27. The quantitative estimate of drug-likeness (QED) is 0.788. The summed E-state index contributed by atoms with van der Waals surface area (Å²) in [5.74, 6) is 2.15. The zero-order chi connectivity index (χ0) is 16.0. The summed E-state index contributed by atoms with van der Waals surface area (Å²) in [4.78, 5) is 15.8. The number of fused-ring (bicyclic) bond motifs is 2. The van der Waals surface area contributed by atoms with Crippen LogP contribution in [0.5, 0.6) is 0 Å². The zero-order valence-corrected chi connectivity index (χ0v) is 13.7. The van der Waals surface area contributed by atoms with E-state index in [1.54, 1.807) is 6.20 Å². The topological polar surface area (TPSA) is 70.6 Å². The summed E-state index contributed by atoms with van der Waals surface area (Å²) < 4.78 is 0. The van der Waals surface area contributed by atoms with E-state index in [0.29, 0.717) is 5.92 Å². The molecule has 0 radical (unpaired) electrons. The van der Waals surface area contributed by atoms with E-state index in [1.807, 2.05) is 19.1 Å². The molecule has 0 amide bonds. The number of nitrogens with zero attached hydrogens (tertiary/aromatic N) is 5. The largest absolute Gasteiger partial charge is 0.351 e. The molecule has 1 aliphatic rings. The van der Waals surface area contributed by atoms with Crippen LogP contribution in [0.1, 0.15) is 42.5 Å². The molecule has 0 spiro atoms. The predicted molar refractivity (Wildman–Crippen MR) is 89.5 cm³/mol. The van der Waals surface area contributed by atoms with E-state index in [1.165, 1.54) is 11.3 Å². The van der Waals surface area contributed by atoms with Gasteiger partial charge in [0.2, 0.25) is 0 Å². The third-order valence-electron chi connectivity index (χ3n) is 4.37. The third-order valence-corrected chi connectivity index (χ3v) is 4.37. The van der Waals surface area contributed by atoms with Crippen LogP contribution in [0.2, 0.25) is 0 Å². The van der Waals surface area contributed by atoms with Gasteiger partial charge in [0.05, 0.1) is 11.1 Å². The summed E-state index contributed by atoms with van der Waals surface area (Å²) in [6, 6.07) is 3.99. The van der Waals surface area contributed by atoms with Gasteiger partial charge in [0, 0.05) is 37.0 Å². The minimum atomic E-state index is 0.417. The lowest BCUT2D eigenvalue weighted by atomic mass is 9.99. The van der Waals surface area contributed by atoms with Crippen LogP contribution in [0.25, 0.3) is 11.0 Å². The highest BCUT2D eigenvalue weighted by Gasteiger charge is 2.25. The molecule has 0 aromatic carbocycles. The average Bonchev–Trinajstić information content (AvgIpc) is 2.97. The summed E-state index contributed by atoms with van der Waals surface area (Å²) in [6.07, 6.45) is 2.74. The van der Waals surface area contributed by atoms with Gasteiger partial charge < -0.3 is 4.90 Å². The van der Waals surface area contributed by atoms with Crippen LogP contribution in [-0.2, 0) is 13.0 Å². The van der Waals surface area contributed by atoms with E-state index < -0.39 is 0 Å². The van der Waals surface area contributed by atoms with Crippen LogP contribution in [-0.4, -0.2) is 31.7 Å². The predicted octanol–water partition coefficient (Wildman–Crippen LogP) is 2.74. The average molecular weight is 308 g/mol. The third kappa shape index (κ3) is 2.34. The molecule has 3 aromatic rings. The molecule has 6 nitrogen and oxygen atoms in total. The maximum atomic E-state index is 4.70. The molecule has 0 bridgehead atoms. The van der Waals surface area contributed by atoms with Gasteiger partial charge in [-0.05, 0) is 25.0 Å². The Morgan fingerprint density at radius 1 is 1.26 bits per heavy atom. The maximum Gasteiger partial charge on any atom is 0.164 e. The maximum absolute atomic E-state index is 4.70. The molecular formula is C17H20N6. The van der Waals surface area contributed by atoms with Gasteiger partial charge >= 0.3 is 0 Å². The van der Waals surface area contributed by atoms with Gasteiger partial charge in [-0.2, -0.15) is 5.10 Å². The van der Waals surface area contributed by atoms with Crippen LogP contribution >= 0.6 is 0 Å². The Bertz CT molecular complexity index is 867. The number of hydrogen-bond acceptors (Lipinski definition) is 5. The number of pyridine rings is 1. The number of aromatic amines is 1. The van der Waals surface area contributed by atoms with Gasteiger partial charge in [-0.15, -0.1) is 0 Å². The zero-order valence-electron chi connectivity index (χ0n) is 13.7. The van der Waals surface area contributed by atoms with Crippen molar-refractivity contribution in [3.63, 3.8) is 0 Å². The summed E-state index contributed by atoms with van der Waals surface area (Å²) in [5.41, 5.74) is 4.51. The first-order chi connectivity index (χ1) is 11.1. The van der Waals surface area contributed by atoms with Gasteiger partial charge in [0.15, 0.2) is 5.65 Å². The molecule has 0 aliphatic carbocycles. The Balaban J connectivity index is 1.79. The molecule has 0 saturated carbocycles. The Labute approximate surface area is 135 Å². The van der Waals surface area contributed by atoms with E-state index in [9.17, 15) is 0 Å². The Hall–Kier alpha value is -2.50. The molecule has 23 heavy (non-hydrogen) atoms. The molecule has 6 heteroatoms. The highest BCUT2D eigenvalue weighted by molar-refractivity contribution is 5.86. The normalized spacial score (nSPS) is 14.5. The van der Waals surface area contributed by atoms with Crippen molar-refractivity contribution in [2.45, 2.75) is 39.7 Å². The molecule has 1 aliphatic heterocycles. The number of aromatic nitrogens is 5. The van der Waals surface area contributed by atoms with Gasteiger partial charge in [-0.3, -0.25) is 5.10 Å². The number of anilines is 1. The lowest BCUT2D eigenvalue weighted by Gasteiger charge is -2.29. The molecule has 1 N–H and O–H groups in total. The molecule has 0 fully saturated rings. The Morgan fingerprint density at radius 2 is 2.13 bits per heavy atom. The van der Waals surface area contributed by atoms with Crippen molar-refractivity contribution in [3.05, 3.63) is 41.1 Å². The van der Waals surface area contributed by atoms with Gasteiger partial charge in [-0.1, -0.05) is 13.8 Å². The molecule has 3 aromatic heterocycles. The summed E-state index contributed by atoms with van der Waals surface area (Å²) in [7, 11) is 0. The van der Waals surface area contributed by atoms with Crippen molar-refractivity contribution >= 4 is 16.9 Å². The van der Waals surface area contributed by atoms with E-state index in [-0.39, 0.29) is 0 Å². The lowest BCUT2D eigenvalue weighted by molar-refractivity contribution is 0.702. The van der Waals surface area contributed by atoms with Gasteiger partial charge in [0.1, 0.15) is 11.6 Å². The highest BCUT2D eigenvalue weighted by Crippen LogP contribution is 2.30. The SMILES string of the molecule is Cc1nc(N2CCc3[nH]nc(C(C)C)c3C2)c2cccnc2n1. The second kappa shape index (κ2) is 5.30. The lowest BCUT2D eigenvalue weighted by Crippen LogP contribution is -2.31.